The van der Waals surface area contributed by atoms with Crippen LogP contribution < -0.4 is 5.32 Å². The maximum absolute atomic E-state index is 11.9. The largest absolute Gasteiger partial charge is 0.323 e. The van der Waals surface area contributed by atoms with Crippen molar-refractivity contribution in [2.24, 2.45) is 10.8 Å². The molecular weight excluding hydrogens is 290 g/mol. The third kappa shape index (κ3) is 4.56. The van der Waals surface area contributed by atoms with Gasteiger partial charge in [-0.3, -0.25) is 9.48 Å². The highest BCUT2D eigenvalue weighted by Crippen LogP contribution is 2.48. The number of anilines is 1. The van der Waals surface area contributed by atoms with Gasteiger partial charge < -0.3 is 5.32 Å². The molecule has 1 aromatic rings. The molecule has 1 aliphatic rings. The van der Waals surface area contributed by atoms with Gasteiger partial charge in [0, 0.05) is 29.8 Å². The molecule has 7 heteroatoms. The lowest BCUT2D eigenvalue weighted by Gasteiger charge is -2.16. The number of carbonyl (C=O) groups is 1. The third-order valence-electron chi connectivity index (χ3n) is 3.60. The van der Waals surface area contributed by atoms with E-state index in [1.165, 1.54) is 6.26 Å². The molecule has 6 nitrogen and oxygen atoms in total. The topological polar surface area (TPSA) is 81.1 Å². The molecule has 21 heavy (non-hydrogen) atoms. The summed E-state index contributed by atoms with van der Waals surface area (Å²) in [4.78, 5) is 11.9. The number of carbonyl (C=O) groups excluding carboxylic acids is 1. The van der Waals surface area contributed by atoms with E-state index in [9.17, 15) is 13.2 Å². The lowest BCUT2D eigenvalue weighted by atomic mass is 9.96. The Morgan fingerprint density at radius 3 is 2.52 bits per heavy atom. The third-order valence-corrected chi connectivity index (χ3v) is 4.73. The number of sulfone groups is 1. The summed E-state index contributed by atoms with van der Waals surface area (Å²) in [5.74, 6) is 0.128. The molecule has 118 valence electrons. The lowest BCUT2D eigenvalue weighted by Crippen LogP contribution is -2.27. The van der Waals surface area contributed by atoms with Crippen LogP contribution in [0.15, 0.2) is 12.4 Å². The van der Waals surface area contributed by atoms with Gasteiger partial charge in [-0.05, 0) is 12.8 Å². The molecular formula is C14H23N3O3S. The van der Waals surface area contributed by atoms with Crippen LogP contribution in [0, 0.1) is 10.8 Å². The van der Waals surface area contributed by atoms with Crippen molar-refractivity contribution in [2.75, 3.05) is 17.3 Å². The summed E-state index contributed by atoms with van der Waals surface area (Å²) < 4.78 is 24.6. The first kappa shape index (κ1) is 16.0. The SMILES string of the molecule is CC(C)(C)C(=O)Nc1cnn(CC2(CS(C)(=O)=O)CC2)c1. The first-order valence-corrected chi connectivity index (χ1v) is 9.07. The molecule has 1 N–H and O–H groups in total. The minimum Gasteiger partial charge on any atom is -0.323 e. The minimum absolute atomic E-state index is 0.0701. The van der Waals surface area contributed by atoms with E-state index in [0.717, 1.165) is 12.8 Å². The fourth-order valence-corrected chi connectivity index (χ4v) is 3.75. The molecule has 1 saturated carbocycles. The van der Waals surface area contributed by atoms with Gasteiger partial charge >= 0.3 is 0 Å². The van der Waals surface area contributed by atoms with Gasteiger partial charge in [0.1, 0.15) is 9.84 Å². The van der Waals surface area contributed by atoms with Crippen LogP contribution in [-0.4, -0.2) is 36.1 Å². The Morgan fingerprint density at radius 1 is 1.43 bits per heavy atom. The normalized spacial score (nSPS) is 17.5. The van der Waals surface area contributed by atoms with Crippen LogP contribution in [0.2, 0.25) is 0 Å². The molecule has 0 aliphatic heterocycles. The molecule has 0 bridgehead atoms. The van der Waals surface area contributed by atoms with Gasteiger partial charge in [0.25, 0.3) is 0 Å². The summed E-state index contributed by atoms with van der Waals surface area (Å²) in [6.07, 6.45) is 6.44. The van der Waals surface area contributed by atoms with E-state index in [1.807, 2.05) is 20.8 Å². The first-order valence-electron chi connectivity index (χ1n) is 7.01. The highest BCUT2D eigenvalue weighted by Gasteiger charge is 2.45. The molecule has 0 saturated heterocycles. The van der Waals surface area contributed by atoms with Crippen molar-refractivity contribution < 1.29 is 13.2 Å². The van der Waals surface area contributed by atoms with Crippen LogP contribution in [0.1, 0.15) is 33.6 Å². The zero-order chi connectivity index (χ0) is 15.9. The number of hydrogen-bond donors (Lipinski definition) is 1. The Morgan fingerprint density at radius 2 is 2.05 bits per heavy atom. The second-order valence-corrected chi connectivity index (χ2v) is 9.34. The van der Waals surface area contributed by atoms with Crippen molar-refractivity contribution in [1.82, 2.24) is 9.78 Å². The van der Waals surface area contributed by atoms with E-state index < -0.39 is 15.3 Å². The molecule has 1 aliphatic carbocycles. The Kier molecular flexibility index (Phi) is 3.90. The molecule has 0 aromatic carbocycles. The van der Waals surface area contributed by atoms with Crippen LogP contribution in [-0.2, 0) is 21.2 Å². The summed E-state index contributed by atoms with van der Waals surface area (Å²) >= 11 is 0. The lowest BCUT2D eigenvalue weighted by molar-refractivity contribution is -0.123. The van der Waals surface area contributed by atoms with Crippen molar-refractivity contribution in [1.29, 1.82) is 0 Å². The Labute approximate surface area is 125 Å². The van der Waals surface area contributed by atoms with Gasteiger partial charge in [-0.15, -0.1) is 0 Å². The summed E-state index contributed by atoms with van der Waals surface area (Å²) in [6.45, 7) is 6.11. The maximum Gasteiger partial charge on any atom is 0.229 e. The van der Waals surface area contributed by atoms with Gasteiger partial charge in [-0.1, -0.05) is 20.8 Å². The molecule has 0 unspecified atom stereocenters. The average Bonchev–Trinajstić information content (AvgIpc) is 2.85. The van der Waals surface area contributed by atoms with Crippen LogP contribution in [0.3, 0.4) is 0 Å². The quantitative estimate of drug-likeness (QED) is 0.897. The monoisotopic (exact) mass is 313 g/mol. The predicted molar refractivity (Wildman–Crippen MR) is 81.7 cm³/mol. The molecule has 0 spiro atoms. The molecule has 1 amide bonds. The van der Waals surface area contributed by atoms with Crippen LogP contribution >= 0.6 is 0 Å². The van der Waals surface area contributed by atoms with Crippen LogP contribution in [0.25, 0.3) is 0 Å². The summed E-state index contributed by atoms with van der Waals surface area (Å²) in [7, 11) is -2.98. The van der Waals surface area contributed by atoms with Crippen molar-refractivity contribution in [3.63, 3.8) is 0 Å². The van der Waals surface area contributed by atoms with Crippen molar-refractivity contribution >= 4 is 21.4 Å². The molecule has 2 rings (SSSR count). The number of rotatable bonds is 5. The first-order chi connectivity index (χ1) is 9.49. The Balaban J connectivity index is 2.00. The standard InChI is InChI=1S/C14H23N3O3S/c1-13(2,3)12(18)16-11-7-15-17(8-11)9-14(5-6-14)10-21(4,19)20/h7-8H,5-6,9-10H2,1-4H3,(H,16,18). The van der Waals surface area contributed by atoms with Crippen molar-refractivity contribution in [3.8, 4) is 0 Å². The van der Waals surface area contributed by atoms with E-state index in [-0.39, 0.29) is 17.1 Å². The van der Waals surface area contributed by atoms with Crippen LogP contribution in [0.5, 0.6) is 0 Å². The highest BCUT2D eigenvalue weighted by molar-refractivity contribution is 7.90. The second kappa shape index (κ2) is 5.12. The summed E-state index contributed by atoms with van der Waals surface area (Å²) in [5.41, 5.74) is 0.00571. The molecule has 1 fully saturated rings. The van der Waals surface area contributed by atoms with E-state index >= 15 is 0 Å². The maximum atomic E-state index is 11.9. The summed E-state index contributed by atoms with van der Waals surface area (Å²) in [6, 6.07) is 0. The smallest absolute Gasteiger partial charge is 0.229 e. The number of nitrogens with one attached hydrogen (secondary N) is 1. The minimum atomic E-state index is -2.98. The molecule has 0 atom stereocenters. The fourth-order valence-electron chi connectivity index (χ4n) is 2.26. The number of aromatic nitrogens is 2. The zero-order valence-corrected chi connectivity index (χ0v) is 13.8. The van der Waals surface area contributed by atoms with Crippen molar-refractivity contribution in [3.05, 3.63) is 12.4 Å². The Hall–Kier alpha value is -1.37. The number of nitrogens with zero attached hydrogens (tertiary/aromatic N) is 2. The number of hydrogen-bond acceptors (Lipinski definition) is 4. The summed E-state index contributed by atoms with van der Waals surface area (Å²) in [5, 5.41) is 7.03. The van der Waals surface area contributed by atoms with E-state index in [2.05, 4.69) is 10.4 Å². The average molecular weight is 313 g/mol. The highest BCUT2D eigenvalue weighted by atomic mass is 32.2. The van der Waals surface area contributed by atoms with E-state index in [1.54, 1.807) is 17.1 Å². The van der Waals surface area contributed by atoms with Gasteiger partial charge in [-0.2, -0.15) is 5.10 Å². The Bertz CT molecular complexity index is 637. The molecule has 1 aromatic heterocycles. The predicted octanol–water partition coefficient (Wildman–Crippen LogP) is 1.69. The van der Waals surface area contributed by atoms with E-state index in [4.69, 9.17) is 0 Å². The van der Waals surface area contributed by atoms with Gasteiger partial charge in [0.15, 0.2) is 0 Å². The number of amides is 1. The molecule has 0 radical (unpaired) electrons. The van der Waals surface area contributed by atoms with E-state index in [0.29, 0.717) is 12.2 Å². The molecule has 1 heterocycles. The van der Waals surface area contributed by atoms with Crippen molar-refractivity contribution in [2.45, 2.75) is 40.2 Å². The van der Waals surface area contributed by atoms with Gasteiger partial charge in [-0.25, -0.2) is 8.42 Å². The fraction of sp³-hybridized carbons (Fsp3) is 0.714. The van der Waals surface area contributed by atoms with Gasteiger partial charge in [0.2, 0.25) is 5.91 Å². The zero-order valence-electron chi connectivity index (χ0n) is 13.0. The van der Waals surface area contributed by atoms with Crippen LogP contribution in [0.4, 0.5) is 5.69 Å². The second-order valence-electron chi connectivity index (χ2n) is 7.20. The van der Waals surface area contributed by atoms with Gasteiger partial charge in [0.05, 0.1) is 17.6 Å².